The molecule has 0 fully saturated rings. The van der Waals surface area contributed by atoms with Crippen molar-refractivity contribution in [2.45, 2.75) is 6.92 Å². The molecule has 0 amide bonds. The molecule has 0 saturated carbocycles. The number of imidazole rings is 1. The summed E-state index contributed by atoms with van der Waals surface area (Å²) in [6.45, 7) is 2.08. The normalized spacial score (nSPS) is 10.9. The topological polar surface area (TPSA) is 55.9 Å². The summed E-state index contributed by atoms with van der Waals surface area (Å²) in [5.74, 6) is 6.39. The van der Waals surface area contributed by atoms with E-state index in [4.69, 9.17) is 5.84 Å². The minimum absolute atomic E-state index is 0.862. The predicted molar refractivity (Wildman–Crippen MR) is 78.7 cm³/mol. The van der Waals surface area contributed by atoms with Crippen molar-refractivity contribution in [1.29, 1.82) is 0 Å². The highest BCUT2D eigenvalue weighted by atomic mass is 15.2. The zero-order valence-corrected chi connectivity index (χ0v) is 11.0. The lowest BCUT2D eigenvalue weighted by Gasteiger charge is -2.03. The molecule has 0 unspecified atom stereocenters. The number of nitrogen functional groups attached to an aromatic ring is 1. The number of aromatic nitrogens is 2. The molecule has 96 valence electrons. The van der Waals surface area contributed by atoms with E-state index in [-0.39, 0.29) is 0 Å². The van der Waals surface area contributed by atoms with E-state index in [9.17, 15) is 0 Å². The van der Waals surface area contributed by atoms with Gasteiger partial charge in [-0.05, 0) is 25.1 Å². The third kappa shape index (κ3) is 1.96. The minimum Gasteiger partial charge on any atom is -0.327 e. The lowest BCUT2D eigenvalue weighted by Crippen LogP contribution is -2.06. The Morgan fingerprint density at radius 3 is 2.53 bits per heavy atom. The number of nitrogens with zero attached hydrogens (tertiary/aromatic N) is 2. The van der Waals surface area contributed by atoms with Gasteiger partial charge in [-0.3, -0.25) is 5.84 Å². The van der Waals surface area contributed by atoms with Crippen molar-refractivity contribution >= 4 is 16.7 Å². The van der Waals surface area contributed by atoms with E-state index < -0.39 is 0 Å². The Kier molecular flexibility index (Phi) is 2.72. The molecule has 1 aromatic heterocycles. The van der Waals surface area contributed by atoms with Crippen LogP contribution in [0.5, 0.6) is 0 Å². The van der Waals surface area contributed by atoms with Crippen LogP contribution in [0.15, 0.2) is 42.5 Å². The van der Waals surface area contributed by atoms with Gasteiger partial charge in [-0.2, -0.15) is 0 Å². The molecule has 3 aromatic rings. The Morgan fingerprint density at radius 2 is 1.84 bits per heavy atom. The molecule has 0 atom stereocenters. The Bertz CT molecular complexity index is 726. The van der Waals surface area contributed by atoms with Gasteiger partial charge in [0.15, 0.2) is 0 Å². The summed E-state index contributed by atoms with van der Waals surface area (Å²) in [6, 6.07) is 14.3. The number of rotatable bonds is 2. The maximum atomic E-state index is 5.43. The first-order chi connectivity index (χ1) is 9.19. The molecular weight excluding hydrogens is 236 g/mol. The van der Waals surface area contributed by atoms with Gasteiger partial charge in [-0.15, -0.1) is 0 Å². The molecule has 4 heteroatoms. The van der Waals surface area contributed by atoms with Crippen LogP contribution < -0.4 is 11.3 Å². The number of nitrogens with two attached hydrogens (primary N) is 1. The molecule has 19 heavy (non-hydrogen) atoms. The van der Waals surface area contributed by atoms with Crippen LogP contribution >= 0.6 is 0 Å². The van der Waals surface area contributed by atoms with Crippen molar-refractivity contribution in [3.63, 3.8) is 0 Å². The Hall–Kier alpha value is -2.33. The Labute approximate surface area is 111 Å². The van der Waals surface area contributed by atoms with Crippen LogP contribution in [0, 0.1) is 6.92 Å². The van der Waals surface area contributed by atoms with Crippen molar-refractivity contribution in [3.05, 3.63) is 48.0 Å². The first-order valence-electron chi connectivity index (χ1n) is 6.19. The highest BCUT2D eigenvalue weighted by Gasteiger charge is 2.09. The summed E-state index contributed by atoms with van der Waals surface area (Å²) in [5, 5.41) is 0. The molecule has 0 aliphatic carbocycles. The lowest BCUT2D eigenvalue weighted by atomic mass is 10.1. The third-order valence-corrected chi connectivity index (χ3v) is 3.36. The Balaban J connectivity index is 2.19. The van der Waals surface area contributed by atoms with E-state index in [0.29, 0.717) is 0 Å². The number of hydrogen-bond donors (Lipinski definition) is 2. The molecule has 2 aromatic carbocycles. The highest BCUT2D eigenvalue weighted by Crippen LogP contribution is 2.25. The number of benzene rings is 2. The average molecular weight is 252 g/mol. The van der Waals surface area contributed by atoms with Crippen LogP contribution in [0.3, 0.4) is 0 Å². The summed E-state index contributed by atoms with van der Waals surface area (Å²) < 4.78 is 2.10. The second kappa shape index (κ2) is 4.40. The van der Waals surface area contributed by atoms with Gasteiger partial charge in [0.25, 0.3) is 0 Å². The number of anilines is 1. The fourth-order valence-corrected chi connectivity index (χ4v) is 2.25. The summed E-state index contributed by atoms with van der Waals surface area (Å²) in [5.41, 5.74) is 7.90. The second-order valence-electron chi connectivity index (χ2n) is 4.71. The smallest absolute Gasteiger partial charge is 0.140 e. The molecule has 0 radical (unpaired) electrons. The molecule has 0 saturated heterocycles. The quantitative estimate of drug-likeness (QED) is 0.544. The molecule has 0 spiro atoms. The third-order valence-electron chi connectivity index (χ3n) is 3.36. The number of nitrogens with one attached hydrogen (secondary N) is 1. The number of fused-ring (bicyclic) bond motifs is 1. The van der Waals surface area contributed by atoms with Crippen LogP contribution in [-0.4, -0.2) is 9.55 Å². The van der Waals surface area contributed by atoms with Gasteiger partial charge in [0.1, 0.15) is 5.82 Å². The standard InChI is InChI=1S/C15H16N4/c1-10-3-5-11(6-4-10)15-17-13-9-12(18-16)7-8-14(13)19(15)2/h3-9,18H,16H2,1-2H3. The van der Waals surface area contributed by atoms with Crippen molar-refractivity contribution in [2.24, 2.45) is 12.9 Å². The van der Waals surface area contributed by atoms with Crippen molar-refractivity contribution < 1.29 is 0 Å². The number of hydrogen-bond acceptors (Lipinski definition) is 3. The van der Waals surface area contributed by atoms with Gasteiger partial charge >= 0.3 is 0 Å². The first kappa shape index (κ1) is 11.7. The molecule has 0 bridgehead atoms. The van der Waals surface area contributed by atoms with E-state index in [2.05, 4.69) is 46.2 Å². The number of hydrazine groups is 1. The monoisotopic (exact) mass is 252 g/mol. The van der Waals surface area contributed by atoms with Crippen LogP contribution in [0.25, 0.3) is 22.4 Å². The minimum atomic E-state index is 0.862. The molecule has 1 heterocycles. The zero-order valence-electron chi connectivity index (χ0n) is 11.0. The van der Waals surface area contributed by atoms with Crippen LogP contribution in [-0.2, 0) is 7.05 Å². The maximum Gasteiger partial charge on any atom is 0.140 e. The largest absolute Gasteiger partial charge is 0.327 e. The summed E-state index contributed by atoms with van der Waals surface area (Å²) in [4.78, 5) is 4.69. The summed E-state index contributed by atoms with van der Waals surface area (Å²) >= 11 is 0. The van der Waals surface area contributed by atoms with E-state index in [1.54, 1.807) is 0 Å². The molecular formula is C15H16N4. The lowest BCUT2D eigenvalue weighted by molar-refractivity contribution is 0.959. The van der Waals surface area contributed by atoms with E-state index in [0.717, 1.165) is 28.1 Å². The van der Waals surface area contributed by atoms with Crippen LogP contribution in [0.1, 0.15) is 5.56 Å². The van der Waals surface area contributed by atoms with Gasteiger partial charge in [0.05, 0.1) is 16.7 Å². The van der Waals surface area contributed by atoms with E-state index in [1.807, 2.05) is 25.2 Å². The molecule has 0 aliphatic rings. The molecule has 3 N–H and O–H groups in total. The van der Waals surface area contributed by atoms with Crippen LogP contribution in [0.4, 0.5) is 5.69 Å². The van der Waals surface area contributed by atoms with Gasteiger partial charge in [-0.25, -0.2) is 4.98 Å². The van der Waals surface area contributed by atoms with Gasteiger partial charge in [-0.1, -0.05) is 29.8 Å². The fraction of sp³-hybridized carbons (Fsp3) is 0.133. The molecule has 4 nitrogen and oxygen atoms in total. The van der Waals surface area contributed by atoms with Gasteiger partial charge in [0, 0.05) is 12.6 Å². The molecule has 3 rings (SSSR count). The summed E-state index contributed by atoms with van der Waals surface area (Å²) in [6.07, 6.45) is 0. The Morgan fingerprint density at radius 1 is 1.11 bits per heavy atom. The fourth-order valence-electron chi connectivity index (χ4n) is 2.25. The summed E-state index contributed by atoms with van der Waals surface area (Å²) in [7, 11) is 2.03. The van der Waals surface area contributed by atoms with Gasteiger partial charge < -0.3 is 9.99 Å². The van der Waals surface area contributed by atoms with E-state index >= 15 is 0 Å². The average Bonchev–Trinajstić information content (AvgIpc) is 2.76. The molecule has 0 aliphatic heterocycles. The van der Waals surface area contributed by atoms with Crippen molar-refractivity contribution in [2.75, 3.05) is 5.43 Å². The zero-order chi connectivity index (χ0) is 13.4. The second-order valence-corrected chi connectivity index (χ2v) is 4.71. The first-order valence-corrected chi connectivity index (χ1v) is 6.19. The van der Waals surface area contributed by atoms with E-state index in [1.165, 1.54) is 5.56 Å². The highest BCUT2D eigenvalue weighted by molar-refractivity contribution is 5.83. The van der Waals surface area contributed by atoms with Crippen molar-refractivity contribution in [3.8, 4) is 11.4 Å². The van der Waals surface area contributed by atoms with Crippen molar-refractivity contribution in [1.82, 2.24) is 9.55 Å². The predicted octanol–water partition coefficient (Wildman–Crippen LogP) is 2.83. The van der Waals surface area contributed by atoms with Gasteiger partial charge in [0.2, 0.25) is 0 Å². The maximum absolute atomic E-state index is 5.43. The SMILES string of the molecule is Cc1ccc(-c2nc3cc(NN)ccc3n2C)cc1. The number of aryl methyl sites for hydroxylation is 2. The van der Waals surface area contributed by atoms with Crippen LogP contribution in [0.2, 0.25) is 0 Å².